The van der Waals surface area contributed by atoms with Gasteiger partial charge in [0.15, 0.2) is 0 Å². The summed E-state index contributed by atoms with van der Waals surface area (Å²) in [5, 5.41) is 8.37. The molecule has 5 heteroatoms. The van der Waals surface area contributed by atoms with E-state index >= 15 is 0 Å². The number of aromatic nitrogens is 1. The Hall–Kier alpha value is -7.05. The van der Waals surface area contributed by atoms with Crippen LogP contribution in [-0.4, -0.2) is 4.98 Å². The first-order chi connectivity index (χ1) is 28.7. The molecule has 0 atom stereocenters. The molecule has 0 saturated carbocycles. The van der Waals surface area contributed by atoms with Crippen LogP contribution in [0.25, 0.3) is 95.9 Å². The molecular formula is C53H32N2OS2. The molecule has 58 heavy (non-hydrogen) atoms. The highest BCUT2D eigenvalue weighted by Gasteiger charge is 2.18. The number of hydrogen-bond donors (Lipinski definition) is 0. The Labute approximate surface area is 342 Å². The van der Waals surface area contributed by atoms with Crippen LogP contribution in [0.4, 0.5) is 17.1 Å². The molecule has 0 bridgehead atoms. The van der Waals surface area contributed by atoms with Gasteiger partial charge >= 0.3 is 0 Å². The van der Waals surface area contributed by atoms with Crippen molar-refractivity contribution in [2.75, 3.05) is 4.90 Å². The minimum atomic E-state index is 0.870. The van der Waals surface area contributed by atoms with Gasteiger partial charge in [0.1, 0.15) is 16.2 Å². The zero-order valence-electron chi connectivity index (χ0n) is 31.1. The van der Waals surface area contributed by atoms with Crippen LogP contribution in [-0.2, 0) is 0 Å². The molecule has 0 aliphatic carbocycles. The number of rotatable bonds is 6. The van der Waals surface area contributed by atoms with Gasteiger partial charge in [-0.2, -0.15) is 0 Å². The zero-order valence-corrected chi connectivity index (χ0v) is 32.7. The van der Waals surface area contributed by atoms with Crippen LogP contribution in [0.1, 0.15) is 0 Å². The van der Waals surface area contributed by atoms with E-state index in [2.05, 4.69) is 187 Å². The number of fused-ring (bicyclic) bond motifs is 9. The van der Waals surface area contributed by atoms with Gasteiger partial charge in [0, 0.05) is 59.6 Å². The maximum atomic E-state index is 6.39. The number of para-hydroxylation sites is 1. The van der Waals surface area contributed by atoms with Crippen LogP contribution >= 0.6 is 22.7 Å². The highest BCUT2D eigenvalue weighted by Crippen LogP contribution is 2.45. The van der Waals surface area contributed by atoms with E-state index in [1.807, 2.05) is 23.5 Å². The molecule has 0 radical (unpaired) electrons. The van der Waals surface area contributed by atoms with Crippen molar-refractivity contribution in [2.45, 2.75) is 0 Å². The van der Waals surface area contributed by atoms with Crippen LogP contribution in [0, 0.1) is 0 Å². The third-order valence-corrected chi connectivity index (χ3v) is 13.6. The number of anilines is 3. The molecule has 0 unspecified atom stereocenters. The number of benzene rings is 9. The van der Waals surface area contributed by atoms with Gasteiger partial charge < -0.3 is 9.32 Å². The molecule has 0 N–H and O–H groups in total. The van der Waals surface area contributed by atoms with Crippen molar-refractivity contribution in [3.63, 3.8) is 0 Å². The zero-order chi connectivity index (χ0) is 38.2. The Kier molecular flexibility index (Phi) is 7.58. The van der Waals surface area contributed by atoms with Crippen molar-refractivity contribution in [3.05, 3.63) is 194 Å². The average molecular weight is 777 g/mol. The van der Waals surface area contributed by atoms with Gasteiger partial charge in [-0.1, -0.05) is 121 Å². The second-order valence-electron chi connectivity index (χ2n) is 14.7. The molecule has 12 aromatic rings. The lowest BCUT2D eigenvalue weighted by molar-refractivity contribution is 0.669. The van der Waals surface area contributed by atoms with Crippen molar-refractivity contribution < 1.29 is 4.42 Å². The molecule has 0 fully saturated rings. The smallest absolute Gasteiger partial charge is 0.137 e. The van der Waals surface area contributed by atoms with Crippen LogP contribution in [0.5, 0.6) is 0 Å². The maximum Gasteiger partial charge on any atom is 0.137 e. The highest BCUT2D eigenvalue weighted by atomic mass is 32.1. The first kappa shape index (κ1) is 33.1. The fourth-order valence-electron chi connectivity index (χ4n) is 8.50. The first-order valence-electron chi connectivity index (χ1n) is 19.4. The van der Waals surface area contributed by atoms with E-state index in [0.29, 0.717) is 0 Å². The van der Waals surface area contributed by atoms with Gasteiger partial charge in [-0.3, -0.25) is 0 Å². The predicted octanol–water partition coefficient (Wildman–Crippen LogP) is 16.2. The molecule has 3 aromatic heterocycles. The van der Waals surface area contributed by atoms with Gasteiger partial charge in [-0.15, -0.1) is 22.7 Å². The molecular weight excluding hydrogens is 745 g/mol. The summed E-state index contributed by atoms with van der Waals surface area (Å²) in [6, 6.07) is 69.6. The third kappa shape index (κ3) is 5.43. The third-order valence-electron chi connectivity index (χ3n) is 11.3. The number of thiazole rings is 1. The quantitative estimate of drug-likeness (QED) is 0.168. The number of nitrogens with zero attached hydrogens (tertiary/aromatic N) is 2. The SMILES string of the molecule is c1ccc(-c2nc3ccc4sc5ccc(-c6ccc(N(c7ccc(-c8cccc9ccccc89)cc7)c7ccc8c(c7)oc7ccccc78)cc6)cc5c4c3s2)cc1. The lowest BCUT2D eigenvalue weighted by Crippen LogP contribution is -2.09. The molecule has 0 aliphatic rings. The van der Waals surface area contributed by atoms with Crippen LogP contribution in [0.3, 0.4) is 0 Å². The number of hydrogen-bond acceptors (Lipinski definition) is 5. The Morgan fingerprint density at radius 1 is 0.414 bits per heavy atom. The lowest BCUT2D eigenvalue weighted by atomic mass is 9.98. The average Bonchev–Trinajstić information content (AvgIpc) is 4.00. The van der Waals surface area contributed by atoms with Gasteiger partial charge in [0.2, 0.25) is 0 Å². The molecule has 272 valence electrons. The van der Waals surface area contributed by atoms with E-state index in [1.165, 1.54) is 57.9 Å². The number of furan rings is 1. The van der Waals surface area contributed by atoms with E-state index in [-0.39, 0.29) is 0 Å². The molecule has 0 aliphatic heterocycles. The Morgan fingerprint density at radius 3 is 1.93 bits per heavy atom. The highest BCUT2D eigenvalue weighted by molar-refractivity contribution is 7.28. The second kappa shape index (κ2) is 13.3. The largest absolute Gasteiger partial charge is 0.456 e. The van der Waals surface area contributed by atoms with Crippen LogP contribution < -0.4 is 4.90 Å². The van der Waals surface area contributed by atoms with E-state index in [0.717, 1.165) is 55.1 Å². The fraction of sp³-hybridized carbons (Fsp3) is 0. The molecule has 9 aromatic carbocycles. The summed E-state index contributed by atoms with van der Waals surface area (Å²) in [7, 11) is 0. The van der Waals surface area contributed by atoms with E-state index < -0.39 is 0 Å². The monoisotopic (exact) mass is 776 g/mol. The summed E-state index contributed by atoms with van der Waals surface area (Å²) in [6.45, 7) is 0. The summed E-state index contributed by atoms with van der Waals surface area (Å²) < 4.78 is 10.2. The fourth-order valence-corrected chi connectivity index (χ4v) is 10.8. The lowest BCUT2D eigenvalue weighted by Gasteiger charge is -2.26. The predicted molar refractivity (Wildman–Crippen MR) is 248 cm³/mol. The summed E-state index contributed by atoms with van der Waals surface area (Å²) in [6.07, 6.45) is 0. The molecule has 0 spiro atoms. The van der Waals surface area contributed by atoms with Gasteiger partial charge in [-0.25, -0.2) is 4.98 Å². The van der Waals surface area contributed by atoms with Crippen molar-refractivity contribution in [2.24, 2.45) is 0 Å². The molecule has 0 saturated heterocycles. The van der Waals surface area contributed by atoms with Gasteiger partial charge in [-0.05, 0) is 99.8 Å². The van der Waals surface area contributed by atoms with Crippen molar-refractivity contribution in [1.29, 1.82) is 0 Å². The van der Waals surface area contributed by atoms with Crippen molar-refractivity contribution in [3.8, 4) is 32.8 Å². The van der Waals surface area contributed by atoms with Crippen molar-refractivity contribution in [1.82, 2.24) is 4.98 Å². The minimum absolute atomic E-state index is 0.870. The Bertz CT molecular complexity index is 3500. The summed E-state index contributed by atoms with van der Waals surface area (Å²) >= 11 is 3.64. The summed E-state index contributed by atoms with van der Waals surface area (Å²) in [4.78, 5) is 7.37. The molecule has 0 amide bonds. The molecule has 3 nitrogen and oxygen atoms in total. The van der Waals surface area contributed by atoms with Gasteiger partial charge in [0.05, 0.1) is 10.2 Å². The Morgan fingerprint density at radius 2 is 1.09 bits per heavy atom. The van der Waals surface area contributed by atoms with E-state index in [4.69, 9.17) is 9.40 Å². The van der Waals surface area contributed by atoms with E-state index in [1.54, 1.807) is 11.3 Å². The molecule has 12 rings (SSSR count). The summed E-state index contributed by atoms with van der Waals surface area (Å²) in [5.74, 6) is 0. The van der Waals surface area contributed by atoms with Crippen LogP contribution in [0.2, 0.25) is 0 Å². The summed E-state index contributed by atoms with van der Waals surface area (Å²) in [5.41, 5.74) is 11.9. The van der Waals surface area contributed by atoms with Gasteiger partial charge in [0.25, 0.3) is 0 Å². The first-order valence-corrected chi connectivity index (χ1v) is 21.1. The van der Waals surface area contributed by atoms with E-state index in [9.17, 15) is 0 Å². The van der Waals surface area contributed by atoms with Crippen LogP contribution in [0.15, 0.2) is 199 Å². The standard InChI is InChI=1S/C53H32N2OS2/c1-2-10-36(11-3-1)53-54-46-28-30-50-51(52(46)58-53)45-31-37(21-29-49(45)57-50)33-17-22-38(23-18-33)55(40-26-27-44-43-14-6-7-16-47(43)56-48(44)32-40)39-24-19-35(20-25-39)42-15-8-12-34-9-4-5-13-41(34)42/h1-32H. The maximum absolute atomic E-state index is 6.39. The number of thiophene rings is 1. The normalized spacial score (nSPS) is 11.8. The van der Waals surface area contributed by atoms with Crippen molar-refractivity contribution >= 4 is 103 Å². The topological polar surface area (TPSA) is 29.3 Å². The Balaban J connectivity index is 0.952. The minimum Gasteiger partial charge on any atom is -0.456 e. The molecule has 3 heterocycles. The second-order valence-corrected chi connectivity index (χ2v) is 16.8.